The molecular weight excluding hydrogens is 320 g/mol. The van der Waals surface area contributed by atoms with E-state index in [1.807, 2.05) is 4.57 Å². The summed E-state index contributed by atoms with van der Waals surface area (Å²) in [6.07, 6.45) is 5.58. The molecule has 1 N–H and O–H groups in total. The van der Waals surface area contributed by atoms with Gasteiger partial charge in [0, 0.05) is 40.4 Å². The van der Waals surface area contributed by atoms with E-state index in [4.69, 9.17) is 4.74 Å². The topological polar surface area (TPSA) is 76.5 Å². The molecule has 0 saturated heterocycles. The van der Waals surface area contributed by atoms with Crippen molar-refractivity contribution in [2.24, 2.45) is 0 Å². The Morgan fingerprint density at radius 1 is 1.32 bits per heavy atom. The van der Waals surface area contributed by atoms with Crippen molar-refractivity contribution < 1.29 is 14.3 Å². The third-order valence-corrected chi connectivity index (χ3v) is 4.53. The molecule has 25 heavy (non-hydrogen) atoms. The van der Waals surface area contributed by atoms with E-state index >= 15 is 0 Å². The largest absolute Gasteiger partial charge is 0.385 e. The monoisotopic (exact) mass is 350 g/mol. The number of nitrogens with one attached hydrogen (secondary N) is 1. The summed E-state index contributed by atoms with van der Waals surface area (Å²) < 4.78 is 6.92. The van der Waals surface area contributed by atoms with Gasteiger partial charge >= 0.3 is 0 Å². The first kappa shape index (κ1) is 19.4. The molecule has 0 fully saturated rings. The first-order chi connectivity index (χ1) is 12.1. The molecule has 7 heteroatoms. The number of fused-ring (bicyclic) bond motifs is 1. The lowest BCUT2D eigenvalue weighted by Crippen LogP contribution is -2.29. The number of ether oxygens (including phenoxy) is 1. The molecular formula is C18H30N4O3. The lowest BCUT2D eigenvalue weighted by molar-refractivity contribution is 0.0786. The third kappa shape index (κ3) is 4.81. The maximum atomic E-state index is 12.8. The number of rotatable bonds is 9. The number of methoxy groups -OCH3 is 1. The van der Waals surface area contributed by atoms with Gasteiger partial charge in [0.15, 0.2) is 5.82 Å². The van der Waals surface area contributed by atoms with Crippen LogP contribution >= 0.6 is 0 Å². The minimum absolute atomic E-state index is 0.0856. The van der Waals surface area contributed by atoms with Crippen molar-refractivity contribution in [3.05, 3.63) is 17.2 Å². The predicted octanol–water partition coefficient (Wildman–Crippen LogP) is 1.86. The van der Waals surface area contributed by atoms with Crippen molar-refractivity contribution in [3.8, 4) is 0 Å². The fourth-order valence-corrected chi connectivity index (χ4v) is 3.06. The van der Waals surface area contributed by atoms with Crippen LogP contribution in [0.1, 0.15) is 65.8 Å². The van der Waals surface area contributed by atoms with Crippen molar-refractivity contribution in [2.75, 3.05) is 33.9 Å². The summed E-state index contributed by atoms with van der Waals surface area (Å²) >= 11 is 0. The Labute approximate surface area is 149 Å². The van der Waals surface area contributed by atoms with E-state index in [-0.39, 0.29) is 11.8 Å². The van der Waals surface area contributed by atoms with Gasteiger partial charge in [-0.1, -0.05) is 13.3 Å². The molecule has 0 unspecified atom stereocenters. The van der Waals surface area contributed by atoms with Crippen LogP contribution in [0.2, 0.25) is 0 Å². The van der Waals surface area contributed by atoms with Crippen LogP contribution in [0.25, 0.3) is 0 Å². The molecule has 1 aliphatic heterocycles. The Kier molecular flexibility index (Phi) is 7.43. The van der Waals surface area contributed by atoms with Crippen LogP contribution in [0.4, 0.5) is 0 Å². The highest BCUT2D eigenvalue weighted by molar-refractivity contribution is 5.97. The number of hydrogen-bond donors (Lipinski definition) is 1. The zero-order valence-corrected chi connectivity index (χ0v) is 15.6. The second-order valence-electron chi connectivity index (χ2n) is 6.52. The zero-order chi connectivity index (χ0) is 18.2. The molecule has 0 bridgehead atoms. The smallest absolute Gasteiger partial charge is 0.287 e. The summed E-state index contributed by atoms with van der Waals surface area (Å²) in [5.41, 5.74) is 1.35. The van der Waals surface area contributed by atoms with E-state index in [2.05, 4.69) is 17.2 Å². The lowest BCUT2D eigenvalue weighted by atomic mass is 10.1. The van der Waals surface area contributed by atoms with Crippen molar-refractivity contribution in [2.45, 2.75) is 52.0 Å². The molecule has 1 aromatic heterocycles. The van der Waals surface area contributed by atoms with E-state index in [1.54, 1.807) is 19.1 Å². The van der Waals surface area contributed by atoms with Gasteiger partial charge in [-0.25, -0.2) is 4.98 Å². The second-order valence-corrected chi connectivity index (χ2v) is 6.52. The number of amides is 2. The van der Waals surface area contributed by atoms with Gasteiger partial charge in [-0.3, -0.25) is 9.59 Å². The number of aromatic nitrogens is 2. The van der Waals surface area contributed by atoms with Crippen LogP contribution < -0.4 is 5.32 Å². The number of hydrogen-bond acceptors (Lipinski definition) is 4. The molecule has 0 radical (unpaired) electrons. The first-order valence-corrected chi connectivity index (χ1v) is 9.22. The van der Waals surface area contributed by atoms with Gasteiger partial charge in [-0.15, -0.1) is 0 Å². The van der Waals surface area contributed by atoms with E-state index in [0.29, 0.717) is 31.2 Å². The van der Waals surface area contributed by atoms with Gasteiger partial charge in [0.1, 0.15) is 5.69 Å². The molecule has 0 aromatic carbocycles. The number of carbonyl (C=O) groups is 2. The quantitative estimate of drug-likeness (QED) is 0.690. The molecule has 2 heterocycles. The summed E-state index contributed by atoms with van der Waals surface area (Å²) in [5, 5.41) is 2.87. The molecule has 1 aliphatic rings. The van der Waals surface area contributed by atoms with Gasteiger partial charge in [-0.2, -0.15) is 0 Å². The molecule has 1 aromatic rings. The number of carbonyl (C=O) groups excluding carboxylic acids is 2. The Morgan fingerprint density at radius 2 is 2.12 bits per heavy atom. The van der Waals surface area contributed by atoms with Crippen LogP contribution in [0.3, 0.4) is 0 Å². The second kappa shape index (κ2) is 9.56. The maximum Gasteiger partial charge on any atom is 0.287 e. The van der Waals surface area contributed by atoms with Crippen LogP contribution in [0.5, 0.6) is 0 Å². The molecule has 7 nitrogen and oxygen atoms in total. The highest BCUT2D eigenvalue weighted by Gasteiger charge is 2.28. The SMILES string of the molecule is CCCCN(C)C(=O)c1nc(C(=O)NCCCOC)n2c1CCCC2. The molecule has 0 saturated carbocycles. The maximum absolute atomic E-state index is 12.8. The van der Waals surface area contributed by atoms with Crippen LogP contribution in [0.15, 0.2) is 0 Å². The van der Waals surface area contributed by atoms with Crippen LogP contribution in [-0.4, -0.2) is 60.1 Å². The average Bonchev–Trinajstić information content (AvgIpc) is 3.02. The highest BCUT2D eigenvalue weighted by atomic mass is 16.5. The van der Waals surface area contributed by atoms with Crippen molar-refractivity contribution in [3.63, 3.8) is 0 Å². The lowest BCUT2D eigenvalue weighted by Gasteiger charge is -2.19. The summed E-state index contributed by atoms with van der Waals surface area (Å²) in [7, 11) is 3.44. The van der Waals surface area contributed by atoms with Crippen molar-refractivity contribution >= 4 is 11.8 Å². The zero-order valence-electron chi connectivity index (χ0n) is 15.6. The van der Waals surface area contributed by atoms with E-state index in [1.165, 1.54) is 0 Å². The van der Waals surface area contributed by atoms with Gasteiger partial charge < -0.3 is 19.5 Å². The van der Waals surface area contributed by atoms with Gasteiger partial charge in [0.25, 0.3) is 11.8 Å². The fraction of sp³-hybridized carbons (Fsp3) is 0.722. The molecule has 0 aliphatic carbocycles. The number of nitrogens with zero attached hydrogens (tertiary/aromatic N) is 3. The Hall–Kier alpha value is -1.89. The van der Waals surface area contributed by atoms with Crippen molar-refractivity contribution in [1.29, 1.82) is 0 Å². The van der Waals surface area contributed by atoms with Gasteiger partial charge in [0.05, 0.1) is 5.69 Å². The number of imidazole rings is 1. The standard InChI is InChI=1S/C18H30N4O3/c1-4-5-11-21(2)18(24)15-14-9-6-7-12-22(14)16(20-15)17(23)19-10-8-13-25-3/h4-13H2,1-3H3,(H,19,23). The molecule has 0 atom stereocenters. The average molecular weight is 350 g/mol. The Morgan fingerprint density at radius 3 is 2.84 bits per heavy atom. The Balaban J connectivity index is 2.17. The van der Waals surface area contributed by atoms with E-state index in [0.717, 1.165) is 50.8 Å². The highest BCUT2D eigenvalue weighted by Crippen LogP contribution is 2.22. The number of unbranched alkanes of at least 4 members (excludes halogenated alkanes) is 1. The van der Waals surface area contributed by atoms with E-state index in [9.17, 15) is 9.59 Å². The molecule has 2 amide bonds. The molecule has 0 spiro atoms. The molecule has 2 rings (SSSR count). The normalized spacial score (nSPS) is 13.4. The summed E-state index contributed by atoms with van der Waals surface area (Å²) in [6.45, 7) is 4.69. The van der Waals surface area contributed by atoms with Crippen LogP contribution in [0, 0.1) is 0 Å². The fourth-order valence-electron chi connectivity index (χ4n) is 3.06. The summed E-state index contributed by atoms with van der Waals surface area (Å²) in [6, 6.07) is 0. The van der Waals surface area contributed by atoms with E-state index < -0.39 is 0 Å². The predicted molar refractivity (Wildman–Crippen MR) is 95.9 cm³/mol. The minimum Gasteiger partial charge on any atom is -0.385 e. The van der Waals surface area contributed by atoms with Gasteiger partial charge in [-0.05, 0) is 32.1 Å². The Bertz CT molecular complexity index is 597. The van der Waals surface area contributed by atoms with Crippen molar-refractivity contribution in [1.82, 2.24) is 19.8 Å². The van der Waals surface area contributed by atoms with Gasteiger partial charge in [0.2, 0.25) is 0 Å². The van der Waals surface area contributed by atoms with Crippen LogP contribution in [-0.2, 0) is 17.7 Å². The summed E-state index contributed by atoms with van der Waals surface area (Å²) in [4.78, 5) is 31.4. The summed E-state index contributed by atoms with van der Waals surface area (Å²) in [5.74, 6) is 0.0615. The minimum atomic E-state index is -0.213. The molecule has 140 valence electrons. The third-order valence-electron chi connectivity index (χ3n) is 4.53. The first-order valence-electron chi connectivity index (χ1n) is 9.22.